The van der Waals surface area contributed by atoms with Crippen molar-refractivity contribution in [1.29, 1.82) is 0 Å². The summed E-state index contributed by atoms with van der Waals surface area (Å²) in [5.74, 6) is -2.84. The molecule has 0 aromatic carbocycles. The van der Waals surface area contributed by atoms with Crippen LogP contribution in [0.1, 0.15) is 80.9 Å². The molecule has 18 rings (SSSR count). The summed E-state index contributed by atoms with van der Waals surface area (Å²) in [4.78, 5) is 105. The van der Waals surface area contributed by atoms with E-state index in [1.54, 1.807) is 33.8 Å². The largest absolute Gasteiger partial charge is 0.397 e. The van der Waals surface area contributed by atoms with Gasteiger partial charge in [-0.1, -0.05) is 13.0 Å². The lowest BCUT2D eigenvalue weighted by molar-refractivity contribution is -0.149. The van der Waals surface area contributed by atoms with Crippen LogP contribution in [0.4, 0.5) is 46.5 Å². The number of aliphatic hydroxyl groups excluding tert-OH is 13. The fraction of sp³-hybridized carbons (Fsp3) is 0.541. The molecule has 0 amide bonds. The second-order valence-electron chi connectivity index (χ2n) is 31.3. The monoisotopic (exact) mass is 1870 g/mol. The summed E-state index contributed by atoms with van der Waals surface area (Å²) in [7, 11) is 0. The highest BCUT2D eigenvalue weighted by atomic mass is 35.5. The SMILES string of the molecule is C=C[C@]1(CO)O[C@@H](n2cnc3c(=O)[nH]c(C)nc32)C(F)(F)[C@@H]1O.CC[C@]1(CO)O[C@@H](n2cnc3c(N)ccnc32)[C@H](F)[C@@H]1O.Cc1nc2c(ncn2[C@@H]2OC(CO)(CO)[C@@H](O)[C@H]2F)c(=O)[nH]1.Cc1nc2c(ncn2[C@@H]2O[C@@](CO)(CCl)[C@@H](O)[C@H]2F)c(=O)[nH]1.Cc1nc2c(ncn2[C@@H]2O[C@](C)(CO)[C@@H](O)[C@H]2F)c(=O)[nH]1.Nc1ccnc2c1ncn2[C@@H]1O[C@@](CO)(CF)[C@@H](O)[C@H]1F. The molecule has 47 nitrogen and oxygen atoms in total. The molecule has 0 unspecified atom stereocenters. The van der Waals surface area contributed by atoms with Crippen LogP contribution in [0, 0.1) is 27.7 Å². The van der Waals surface area contributed by atoms with E-state index in [0.717, 1.165) is 17.0 Å². The highest BCUT2D eigenvalue weighted by molar-refractivity contribution is 6.18. The molecule has 6 aliphatic rings. The van der Waals surface area contributed by atoms with Crippen LogP contribution in [0.5, 0.6) is 0 Å². The van der Waals surface area contributed by atoms with Gasteiger partial charge in [-0.25, -0.2) is 86.2 Å². The molecule has 0 radical (unpaired) electrons. The first-order valence-electron chi connectivity index (χ1n) is 39.2. The summed E-state index contributed by atoms with van der Waals surface area (Å²) in [6.07, 6.45) is -16.5. The van der Waals surface area contributed by atoms with E-state index in [1.807, 2.05) is 0 Å². The van der Waals surface area contributed by atoms with Crippen LogP contribution in [0.15, 0.2) is 94.3 Å². The Morgan fingerprint density at radius 1 is 0.431 bits per heavy atom. The molecule has 21 N–H and O–H groups in total. The molecule has 18 heterocycles. The number of H-pyrrole nitrogens is 4. The fourth-order valence-corrected chi connectivity index (χ4v) is 15.6. The minimum absolute atomic E-state index is 0.00128. The zero-order chi connectivity index (χ0) is 94.9. The number of pyridine rings is 2. The molecule has 12 aromatic rings. The summed E-state index contributed by atoms with van der Waals surface area (Å²) in [6.45, 7) is 6.55. The molecule has 0 bridgehead atoms. The number of nitrogens with one attached hydrogen (secondary N) is 4. The first-order chi connectivity index (χ1) is 61.6. The number of halogens is 9. The van der Waals surface area contributed by atoms with E-state index < -0.39 is 220 Å². The number of anilines is 2. The summed E-state index contributed by atoms with van der Waals surface area (Å²) in [5, 5.41) is 125. The molecule has 706 valence electrons. The van der Waals surface area contributed by atoms with E-state index in [0.29, 0.717) is 45.5 Å². The molecule has 6 aliphatic heterocycles. The van der Waals surface area contributed by atoms with Gasteiger partial charge in [0.15, 0.2) is 130 Å². The zero-order valence-electron chi connectivity index (χ0n) is 68.9. The van der Waals surface area contributed by atoms with E-state index in [4.69, 9.17) is 51.5 Å². The number of fused-ring (bicyclic) bond motifs is 6. The van der Waals surface area contributed by atoms with Crippen LogP contribution in [-0.4, -0.2) is 339 Å². The second kappa shape index (κ2) is 36.9. The smallest absolute Gasteiger partial charge is 0.320 e. The highest BCUT2D eigenvalue weighted by Gasteiger charge is 2.67. The Morgan fingerprint density at radius 2 is 0.731 bits per heavy atom. The first-order valence-corrected chi connectivity index (χ1v) is 39.7. The second-order valence-corrected chi connectivity index (χ2v) is 31.6. The maximum absolute atomic E-state index is 14.5. The normalized spacial score (nSPS) is 31.3. The number of aromatic nitrogens is 22. The number of aromatic amines is 4. The molecule has 0 saturated carbocycles. The Balaban J connectivity index is 0.000000133. The molecule has 0 aliphatic carbocycles. The number of nitrogens with zero attached hydrogens (tertiary/aromatic N) is 18. The fourth-order valence-electron chi connectivity index (χ4n) is 15.3. The van der Waals surface area contributed by atoms with Crippen LogP contribution in [0.3, 0.4) is 0 Å². The number of ether oxygens (including phenoxy) is 6. The van der Waals surface area contributed by atoms with Gasteiger partial charge in [-0.2, -0.15) is 8.78 Å². The number of aryl methyl sites for hydroxylation is 4. The topological polar surface area (TPSA) is 686 Å². The third-order valence-corrected chi connectivity index (χ3v) is 23.5. The third kappa shape index (κ3) is 16.4. The molecule has 22 atom stereocenters. The Morgan fingerprint density at radius 3 is 1.02 bits per heavy atom. The summed E-state index contributed by atoms with van der Waals surface area (Å²) < 4.78 is 153. The van der Waals surface area contributed by atoms with Crippen molar-refractivity contribution in [3.05, 3.63) is 140 Å². The van der Waals surface area contributed by atoms with E-state index >= 15 is 0 Å². The number of hydrogen-bond donors (Lipinski definition) is 19. The van der Waals surface area contributed by atoms with E-state index in [9.17, 15) is 121 Å². The minimum Gasteiger partial charge on any atom is -0.397 e. The molecule has 12 aromatic heterocycles. The van der Waals surface area contributed by atoms with Crippen molar-refractivity contribution in [2.75, 3.05) is 70.3 Å². The Hall–Kier alpha value is -11.0. The quantitative estimate of drug-likeness (QED) is 0.0257. The number of alkyl halides is 9. The predicted octanol–water partition coefficient (Wildman–Crippen LogP) is -2.39. The van der Waals surface area contributed by atoms with Crippen LogP contribution >= 0.6 is 11.6 Å². The van der Waals surface area contributed by atoms with E-state index in [2.05, 4.69) is 86.3 Å². The molecular weight excluding hydrogens is 1780 g/mol. The summed E-state index contributed by atoms with van der Waals surface area (Å²) in [6, 6.07) is 3.14. The van der Waals surface area contributed by atoms with Crippen molar-refractivity contribution in [3.63, 3.8) is 0 Å². The van der Waals surface area contributed by atoms with Gasteiger partial charge in [-0.3, -0.25) is 46.6 Å². The van der Waals surface area contributed by atoms with Crippen molar-refractivity contribution in [3.8, 4) is 0 Å². The zero-order valence-corrected chi connectivity index (χ0v) is 69.7. The summed E-state index contributed by atoms with van der Waals surface area (Å²) >= 11 is 5.71. The Kier molecular flexibility index (Phi) is 27.4. The van der Waals surface area contributed by atoms with Gasteiger partial charge in [0, 0.05) is 12.4 Å². The third-order valence-electron chi connectivity index (χ3n) is 23.1. The van der Waals surface area contributed by atoms with Crippen molar-refractivity contribution in [1.82, 2.24) is 107 Å². The maximum atomic E-state index is 14.5. The number of nitrogen functional groups attached to an aromatic ring is 2. The highest BCUT2D eigenvalue weighted by Crippen LogP contribution is 2.50. The van der Waals surface area contributed by atoms with Gasteiger partial charge < -0.3 is 126 Å². The molecule has 6 fully saturated rings. The van der Waals surface area contributed by atoms with Gasteiger partial charge in [0.1, 0.15) is 99.5 Å². The van der Waals surface area contributed by atoms with Crippen molar-refractivity contribution in [2.24, 2.45) is 0 Å². The van der Waals surface area contributed by atoms with E-state index in [-0.39, 0.29) is 68.4 Å². The average Bonchev–Trinajstić information content (AvgIpc) is 1.54. The van der Waals surface area contributed by atoms with Crippen molar-refractivity contribution in [2.45, 2.75) is 192 Å². The lowest BCUT2D eigenvalue weighted by atomic mass is 9.94. The number of hydrogen-bond acceptors (Lipinski definition) is 37. The lowest BCUT2D eigenvalue weighted by Crippen LogP contribution is -2.48. The number of nitrogens with two attached hydrogens (primary N) is 2. The van der Waals surface area contributed by atoms with Crippen LogP contribution in [0.2, 0.25) is 0 Å². The molecule has 6 saturated heterocycles. The standard InChI is InChI=1S/C13H14F2N4O4.C13H17FN4O3.C12H14ClFN4O4.C12H14F2N4O3.C12H15FN4O5.C12H15FN4O4/c1-3-12(4-20)10(22)13(14,15)11(23-12)19-5-16-7-8(19)17-6(2)18-9(7)21;1-2-13(5-19)10(20)8(14)12(21-13)18-6-17-9-7(15)3-4-16-11(9)18;1-5-16-9-7(10(21)17-5)15-4-18(9)11-6(14)8(20)12(2-13,3-19)22-11;13-3-12(4-19)9(20)7(14)11(21-12)18-5-17-8-6(15)1-2-16-10(8)18;1-5-15-9-7(10(21)16-5)14-4-17(9)11-6(13)8(20)12(2-18,3-19)22-11;1-5-15-9-7(10(20)16-5)14-4-17(9)11-6(13)8(19)12(2,3-18)21-11/h3,5,10-11,20,22H,1,4H2,2H3,(H,17,18,21);3-4,6,8,10,12,19-20H,2,5H2,1H3,(H2,15,16);4,6,8,11,19-20H,2-3H2,1H3,(H,16,17,21);1-2,5,7,9,11,19-20H,3-4H2,(H2,15,16);4,6,8,11,18-20H,2-3H2,1H3,(H,15,16,21);4,6,8,11,18-19H,3H2,1-2H3,(H,15,16,20)/t10-,11-,12-;8-,10+,12-,13-;6-,8+,11-,12-;7-,9+,11-,12-;6-,8+,11-;6-,8+,11-,12-/m111111/s1. The summed E-state index contributed by atoms with van der Waals surface area (Å²) in [5.41, 5.74) is 1.83. The van der Waals surface area contributed by atoms with Crippen LogP contribution in [-0.2, 0) is 28.4 Å². The van der Waals surface area contributed by atoms with Gasteiger partial charge in [0.2, 0.25) is 6.23 Å². The van der Waals surface area contributed by atoms with Gasteiger partial charge in [0.25, 0.3) is 22.2 Å². The number of aliphatic hydroxyl groups is 13. The predicted molar refractivity (Wildman–Crippen MR) is 430 cm³/mol. The van der Waals surface area contributed by atoms with Gasteiger partial charge in [0.05, 0.1) is 101 Å². The lowest BCUT2D eigenvalue weighted by Gasteiger charge is -2.28. The number of rotatable bonds is 17. The Bertz CT molecular complexity index is 6100. The van der Waals surface area contributed by atoms with E-state index in [1.165, 1.54) is 86.8 Å². The molecule has 0 spiro atoms. The van der Waals surface area contributed by atoms with Gasteiger partial charge in [-0.05, 0) is 53.2 Å². The maximum Gasteiger partial charge on any atom is 0.320 e. The van der Waals surface area contributed by atoms with Gasteiger partial charge >= 0.3 is 5.92 Å². The first kappa shape index (κ1) is 96.5. The van der Waals surface area contributed by atoms with Crippen LogP contribution < -0.4 is 33.7 Å². The average molecular weight is 1870 g/mol. The molecule has 130 heavy (non-hydrogen) atoms. The molecule has 56 heteroatoms. The minimum atomic E-state index is -3.76. The number of imidazole rings is 6. The van der Waals surface area contributed by atoms with Crippen molar-refractivity contribution < 1.29 is 130 Å². The van der Waals surface area contributed by atoms with Crippen LogP contribution in [0.25, 0.3) is 67.0 Å². The Labute approximate surface area is 726 Å². The molecular formula is C74H89ClF8N24O23. The van der Waals surface area contributed by atoms with Crippen molar-refractivity contribution >= 4 is 90.0 Å². The van der Waals surface area contributed by atoms with Gasteiger partial charge in [-0.15, -0.1) is 18.2 Å².